The molecule has 1 aliphatic heterocycles. The van der Waals surface area contributed by atoms with Gasteiger partial charge in [0.15, 0.2) is 0 Å². The minimum absolute atomic E-state index is 0. The van der Waals surface area contributed by atoms with E-state index in [0.29, 0.717) is 6.42 Å². The summed E-state index contributed by atoms with van der Waals surface area (Å²) in [5.74, 6) is 0.748. The molecule has 0 unspecified atom stereocenters. The smallest absolute Gasteiger partial charge is 0.241 e. The molecule has 1 heterocycles. The van der Waals surface area contributed by atoms with Crippen LogP contribution in [0.1, 0.15) is 17.5 Å². The third-order valence-corrected chi connectivity index (χ3v) is 3.81. The van der Waals surface area contributed by atoms with E-state index in [4.69, 9.17) is 10.5 Å². The monoisotopic (exact) mass is 332 g/mol. The number of anilines is 1. The molecule has 0 bridgehead atoms. The summed E-state index contributed by atoms with van der Waals surface area (Å²) in [7, 11) is 0. The van der Waals surface area contributed by atoms with E-state index in [9.17, 15) is 4.79 Å². The molecule has 1 amide bonds. The van der Waals surface area contributed by atoms with E-state index in [2.05, 4.69) is 5.32 Å². The van der Waals surface area contributed by atoms with Crippen LogP contribution in [0.25, 0.3) is 0 Å². The van der Waals surface area contributed by atoms with E-state index in [1.807, 2.05) is 48.5 Å². The second kappa shape index (κ2) is 7.99. The summed E-state index contributed by atoms with van der Waals surface area (Å²) >= 11 is 0. The molecule has 4 nitrogen and oxygen atoms in total. The first-order valence-corrected chi connectivity index (χ1v) is 7.58. The van der Waals surface area contributed by atoms with Gasteiger partial charge in [-0.15, -0.1) is 12.4 Å². The normalized spacial score (nSPS) is 14.0. The number of halogens is 1. The Morgan fingerprint density at radius 2 is 2.00 bits per heavy atom. The lowest BCUT2D eigenvalue weighted by Crippen LogP contribution is -2.37. The molecule has 0 radical (unpaired) electrons. The molecule has 0 aromatic heterocycles. The number of ether oxygens (including phenoxy) is 1. The summed E-state index contributed by atoms with van der Waals surface area (Å²) in [6, 6.07) is 15.0. The van der Waals surface area contributed by atoms with Crippen molar-refractivity contribution in [2.75, 3.05) is 11.9 Å². The quantitative estimate of drug-likeness (QED) is 0.904. The number of rotatable bonds is 4. The molecule has 0 spiro atoms. The number of benzene rings is 2. The number of fused-ring (bicyclic) bond motifs is 1. The first-order valence-electron chi connectivity index (χ1n) is 7.58. The fraction of sp³-hybridized carbons (Fsp3) is 0.278. The number of amides is 1. The van der Waals surface area contributed by atoms with E-state index in [1.54, 1.807) is 0 Å². The topological polar surface area (TPSA) is 64.4 Å². The molecule has 3 rings (SSSR count). The molecule has 1 aliphatic rings. The lowest BCUT2D eigenvalue weighted by Gasteiger charge is -2.18. The van der Waals surface area contributed by atoms with Gasteiger partial charge in [0, 0.05) is 5.69 Å². The van der Waals surface area contributed by atoms with Gasteiger partial charge < -0.3 is 15.8 Å². The van der Waals surface area contributed by atoms with Crippen LogP contribution in [0.15, 0.2) is 48.5 Å². The highest BCUT2D eigenvalue weighted by Crippen LogP contribution is 2.27. The molecule has 1 atom stereocenters. The Hall–Kier alpha value is -2.04. The van der Waals surface area contributed by atoms with Gasteiger partial charge in [-0.2, -0.15) is 0 Å². The number of aryl methyl sites for hydroxylation is 1. The van der Waals surface area contributed by atoms with Crippen LogP contribution >= 0.6 is 12.4 Å². The van der Waals surface area contributed by atoms with Crippen molar-refractivity contribution in [3.8, 4) is 5.75 Å². The van der Waals surface area contributed by atoms with E-state index in [-0.39, 0.29) is 18.3 Å². The van der Waals surface area contributed by atoms with Gasteiger partial charge in [-0.25, -0.2) is 0 Å². The maximum Gasteiger partial charge on any atom is 0.241 e. The Kier molecular flexibility index (Phi) is 6.02. The summed E-state index contributed by atoms with van der Waals surface area (Å²) in [5, 5.41) is 2.89. The Morgan fingerprint density at radius 1 is 1.22 bits per heavy atom. The van der Waals surface area contributed by atoms with Crippen LogP contribution in [-0.4, -0.2) is 18.6 Å². The Balaban J connectivity index is 0.00000192. The van der Waals surface area contributed by atoms with Crippen molar-refractivity contribution in [3.05, 3.63) is 59.7 Å². The Morgan fingerprint density at radius 3 is 2.78 bits per heavy atom. The van der Waals surface area contributed by atoms with E-state index in [1.165, 1.54) is 0 Å². The van der Waals surface area contributed by atoms with Crippen LogP contribution in [0.3, 0.4) is 0 Å². The van der Waals surface area contributed by atoms with Gasteiger partial charge in [0.25, 0.3) is 0 Å². The average molecular weight is 333 g/mol. The molecule has 2 aromatic carbocycles. The fourth-order valence-corrected chi connectivity index (χ4v) is 2.63. The lowest BCUT2D eigenvalue weighted by atomic mass is 10.0. The third-order valence-electron chi connectivity index (χ3n) is 3.81. The number of nitrogens with two attached hydrogens (primary N) is 1. The summed E-state index contributed by atoms with van der Waals surface area (Å²) in [6.45, 7) is 0.765. The molecule has 3 N–H and O–H groups in total. The van der Waals surface area contributed by atoms with Crippen molar-refractivity contribution in [1.82, 2.24) is 0 Å². The maximum absolute atomic E-state index is 12.2. The van der Waals surface area contributed by atoms with E-state index < -0.39 is 6.04 Å². The summed E-state index contributed by atoms with van der Waals surface area (Å²) in [4.78, 5) is 12.2. The first-order chi connectivity index (χ1) is 10.7. The highest BCUT2D eigenvalue weighted by molar-refractivity contribution is 5.95. The molecule has 122 valence electrons. The molecule has 5 heteroatoms. The van der Waals surface area contributed by atoms with Crippen molar-refractivity contribution >= 4 is 24.0 Å². The van der Waals surface area contributed by atoms with E-state index >= 15 is 0 Å². The molecule has 2 aromatic rings. The Labute approximate surface area is 142 Å². The summed E-state index contributed by atoms with van der Waals surface area (Å²) < 4.78 is 5.57. The van der Waals surface area contributed by atoms with Crippen LogP contribution in [0.4, 0.5) is 5.69 Å². The van der Waals surface area contributed by atoms with Crippen molar-refractivity contribution in [1.29, 1.82) is 0 Å². The number of hydrogen-bond acceptors (Lipinski definition) is 3. The predicted octanol–water partition coefficient (Wildman–Crippen LogP) is 2.94. The molecule has 0 fully saturated rings. The van der Waals surface area contributed by atoms with Gasteiger partial charge in [0.05, 0.1) is 12.6 Å². The van der Waals surface area contributed by atoms with Crippen LogP contribution in [0, 0.1) is 0 Å². The standard InChI is InChI=1S/C18H20N2O2.ClH/c19-16(11-13-5-2-1-3-6-13)18(21)20-15-8-9-17-14(12-15)7-4-10-22-17;/h1-3,5-6,8-9,12,16H,4,7,10-11,19H2,(H,20,21);1H/t16-;/m0./s1. The predicted molar refractivity (Wildman–Crippen MR) is 94.3 cm³/mol. The van der Waals surface area contributed by atoms with Crippen molar-refractivity contribution in [2.45, 2.75) is 25.3 Å². The summed E-state index contributed by atoms with van der Waals surface area (Å²) in [5.41, 5.74) is 8.97. The average Bonchev–Trinajstić information content (AvgIpc) is 2.55. The molecule has 0 saturated heterocycles. The van der Waals surface area contributed by atoms with Gasteiger partial charge >= 0.3 is 0 Å². The minimum atomic E-state index is -0.560. The third kappa shape index (κ3) is 4.47. The number of carbonyl (C=O) groups excluding carboxylic acids is 1. The second-order valence-corrected chi connectivity index (χ2v) is 5.56. The zero-order chi connectivity index (χ0) is 15.4. The van der Waals surface area contributed by atoms with Gasteiger partial charge in [-0.05, 0) is 48.6 Å². The van der Waals surface area contributed by atoms with Crippen LogP contribution in [0.5, 0.6) is 5.75 Å². The molecule has 0 saturated carbocycles. The SMILES string of the molecule is Cl.N[C@@H](Cc1ccccc1)C(=O)Nc1ccc2c(c1)CCCO2. The maximum atomic E-state index is 12.2. The zero-order valence-corrected chi connectivity index (χ0v) is 13.6. The Bertz CT molecular complexity index is 661. The minimum Gasteiger partial charge on any atom is -0.493 e. The lowest BCUT2D eigenvalue weighted by molar-refractivity contribution is -0.117. The van der Waals surface area contributed by atoms with E-state index in [0.717, 1.165) is 42.0 Å². The number of hydrogen-bond donors (Lipinski definition) is 2. The fourth-order valence-electron chi connectivity index (χ4n) is 2.63. The largest absolute Gasteiger partial charge is 0.493 e. The summed E-state index contributed by atoms with van der Waals surface area (Å²) in [6.07, 6.45) is 2.52. The van der Waals surface area contributed by atoms with Crippen LogP contribution < -0.4 is 15.8 Å². The van der Waals surface area contributed by atoms with Gasteiger partial charge in [-0.3, -0.25) is 4.79 Å². The highest BCUT2D eigenvalue weighted by atomic mass is 35.5. The first kappa shape index (κ1) is 17.3. The van der Waals surface area contributed by atoms with Gasteiger partial charge in [-0.1, -0.05) is 30.3 Å². The molecule has 0 aliphatic carbocycles. The number of carbonyl (C=O) groups is 1. The molecular weight excluding hydrogens is 312 g/mol. The van der Waals surface area contributed by atoms with Gasteiger partial charge in [0.1, 0.15) is 5.75 Å². The zero-order valence-electron chi connectivity index (χ0n) is 12.8. The van der Waals surface area contributed by atoms with Crippen molar-refractivity contribution < 1.29 is 9.53 Å². The second-order valence-electron chi connectivity index (χ2n) is 5.56. The van der Waals surface area contributed by atoms with Crippen molar-refractivity contribution in [2.24, 2.45) is 5.73 Å². The molecule has 23 heavy (non-hydrogen) atoms. The highest BCUT2D eigenvalue weighted by Gasteiger charge is 2.16. The molecular formula is C18H21ClN2O2. The van der Waals surface area contributed by atoms with Gasteiger partial charge in [0.2, 0.25) is 5.91 Å². The number of nitrogens with one attached hydrogen (secondary N) is 1. The van der Waals surface area contributed by atoms with Crippen LogP contribution in [-0.2, 0) is 17.6 Å². The van der Waals surface area contributed by atoms with Crippen molar-refractivity contribution in [3.63, 3.8) is 0 Å². The van der Waals surface area contributed by atoms with Crippen LogP contribution in [0.2, 0.25) is 0 Å².